The molecule has 2 aromatic carbocycles. The zero-order chi connectivity index (χ0) is 18.9. The lowest BCUT2D eigenvalue weighted by Crippen LogP contribution is -2.23. The quantitative estimate of drug-likeness (QED) is 0.590. The second-order valence-corrected chi connectivity index (χ2v) is 6.25. The van der Waals surface area contributed by atoms with Gasteiger partial charge in [0.15, 0.2) is 0 Å². The molecule has 4 nitrogen and oxygen atoms in total. The topological polar surface area (TPSA) is 54.0 Å². The van der Waals surface area contributed by atoms with Crippen LogP contribution in [-0.2, 0) is 13.0 Å². The molecular weight excluding hydrogens is 341 g/mol. The number of pyridine rings is 1. The second kappa shape index (κ2) is 9.48. The fourth-order valence-electron chi connectivity index (χ4n) is 2.71. The molecule has 0 fully saturated rings. The van der Waals surface area contributed by atoms with Gasteiger partial charge >= 0.3 is 0 Å². The zero-order valence-corrected chi connectivity index (χ0v) is 15.0. The summed E-state index contributed by atoms with van der Waals surface area (Å²) in [6.07, 6.45) is 3.59. The van der Waals surface area contributed by atoms with Gasteiger partial charge in [0.25, 0.3) is 5.91 Å². The first-order valence-electron chi connectivity index (χ1n) is 8.97. The molecule has 0 unspecified atom stereocenters. The normalized spacial score (nSPS) is 10.4. The van der Waals surface area contributed by atoms with E-state index in [0.29, 0.717) is 17.9 Å². The van der Waals surface area contributed by atoms with Crippen molar-refractivity contribution in [2.24, 2.45) is 0 Å². The van der Waals surface area contributed by atoms with Crippen LogP contribution in [0.5, 0.6) is 0 Å². The Hall–Kier alpha value is -3.21. The maximum Gasteiger partial charge on any atom is 0.251 e. The summed E-state index contributed by atoms with van der Waals surface area (Å²) in [5.41, 5.74) is 2.69. The third-order valence-corrected chi connectivity index (χ3v) is 4.18. The SMILES string of the molecule is O=C(NCc1ccc(F)cc1)c1ccnc(NCCCc2ccccc2)c1. The van der Waals surface area contributed by atoms with E-state index in [2.05, 4.69) is 27.8 Å². The van der Waals surface area contributed by atoms with E-state index in [1.54, 1.807) is 30.5 Å². The summed E-state index contributed by atoms with van der Waals surface area (Å²) in [6.45, 7) is 1.13. The number of hydrogen-bond donors (Lipinski definition) is 2. The number of aryl methyl sites for hydroxylation is 1. The summed E-state index contributed by atoms with van der Waals surface area (Å²) in [4.78, 5) is 16.6. The molecule has 0 bridgehead atoms. The van der Waals surface area contributed by atoms with Gasteiger partial charge in [-0.15, -0.1) is 0 Å². The fraction of sp³-hybridized carbons (Fsp3) is 0.182. The van der Waals surface area contributed by atoms with E-state index in [1.807, 2.05) is 18.2 Å². The number of nitrogens with one attached hydrogen (secondary N) is 2. The highest BCUT2D eigenvalue weighted by Crippen LogP contribution is 2.09. The number of rotatable bonds is 8. The Balaban J connectivity index is 1.47. The fourth-order valence-corrected chi connectivity index (χ4v) is 2.71. The molecule has 0 aliphatic heterocycles. The summed E-state index contributed by atoms with van der Waals surface area (Å²) in [6, 6.07) is 19.8. The number of nitrogens with zero attached hydrogens (tertiary/aromatic N) is 1. The summed E-state index contributed by atoms with van der Waals surface area (Å²) in [7, 11) is 0. The number of amides is 1. The van der Waals surface area contributed by atoms with Gasteiger partial charge in [-0.1, -0.05) is 42.5 Å². The predicted molar refractivity (Wildman–Crippen MR) is 105 cm³/mol. The average molecular weight is 363 g/mol. The molecular formula is C22H22FN3O. The maximum absolute atomic E-state index is 12.9. The van der Waals surface area contributed by atoms with Crippen LogP contribution in [0.1, 0.15) is 27.9 Å². The predicted octanol–water partition coefficient (Wildman–Crippen LogP) is 4.20. The number of halogens is 1. The average Bonchev–Trinajstić information content (AvgIpc) is 2.71. The van der Waals surface area contributed by atoms with Gasteiger partial charge in [-0.05, 0) is 48.2 Å². The van der Waals surface area contributed by atoms with Crippen molar-refractivity contribution in [1.82, 2.24) is 10.3 Å². The maximum atomic E-state index is 12.9. The lowest BCUT2D eigenvalue weighted by molar-refractivity contribution is 0.0951. The second-order valence-electron chi connectivity index (χ2n) is 6.25. The van der Waals surface area contributed by atoms with Crippen molar-refractivity contribution in [3.63, 3.8) is 0 Å². The Labute approximate surface area is 158 Å². The highest BCUT2D eigenvalue weighted by atomic mass is 19.1. The lowest BCUT2D eigenvalue weighted by atomic mass is 10.1. The standard InChI is InChI=1S/C22H22FN3O/c23-20-10-8-18(9-11-20)16-26-22(27)19-12-14-25-21(15-19)24-13-4-7-17-5-2-1-3-6-17/h1-3,5-6,8-12,14-15H,4,7,13,16H2,(H,24,25)(H,26,27). The van der Waals surface area contributed by atoms with Crippen molar-refractivity contribution in [2.45, 2.75) is 19.4 Å². The van der Waals surface area contributed by atoms with Crippen LogP contribution >= 0.6 is 0 Å². The minimum atomic E-state index is -0.290. The first-order chi connectivity index (χ1) is 13.2. The summed E-state index contributed by atoms with van der Waals surface area (Å²) in [5.74, 6) is 0.203. The smallest absolute Gasteiger partial charge is 0.251 e. The molecule has 0 spiro atoms. The third-order valence-electron chi connectivity index (χ3n) is 4.18. The minimum absolute atomic E-state index is 0.186. The number of carbonyl (C=O) groups is 1. The highest BCUT2D eigenvalue weighted by Gasteiger charge is 2.07. The third kappa shape index (κ3) is 5.92. The van der Waals surface area contributed by atoms with Crippen LogP contribution in [0.15, 0.2) is 72.9 Å². The van der Waals surface area contributed by atoms with Gasteiger partial charge in [-0.2, -0.15) is 0 Å². The van der Waals surface area contributed by atoms with Gasteiger partial charge in [0.1, 0.15) is 11.6 Å². The Kier molecular flexibility index (Phi) is 6.52. The molecule has 27 heavy (non-hydrogen) atoms. The first-order valence-corrected chi connectivity index (χ1v) is 8.97. The van der Waals surface area contributed by atoms with E-state index >= 15 is 0 Å². The van der Waals surface area contributed by atoms with Crippen LogP contribution in [0.2, 0.25) is 0 Å². The van der Waals surface area contributed by atoms with Crippen LogP contribution in [-0.4, -0.2) is 17.4 Å². The monoisotopic (exact) mass is 363 g/mol. The molecule has 3 rings (SSSR count). The van der Waals surface area contributed by atoms with Gasteiger partial charge in [0, 0.05) is 24.8 Å². The van der Waals surface area contributed by atoms with Gasteiger partial charge in [0.2, 0.25) is 0 Å². The van der Waals surface area contributed by atoms with E-state index in [4.69, 9.17) is 0 Å². The molecule has 3 aromatic rings. The number of aromatic nitrogens is 1. The van der Waals surface area contributed by atoms with Crippen molar-refractivity contribution >= 4 is 11.7 Å². The molecule has 5 heteroatoms. The zero-order valence-electron chi connectivity index (χ0n) is 15.0. The molecule has 0 saturated heterocycles. The van der Waals surface area contributed by atoms with E-state index in [9.17, 15) is 9.18 Å². The summed E-state index contributed by atoms with van der Waals surface area (Å²) >= 11 is 0. The summed E-state index contributed by atoms with van der Waals surface area (Å²) in [5, 5.41) is 6.09. The van der Waals surface area contributed by atoms with Crippen LogP contribution in [0.3, 0.4) is 0 Å². The van der Waals surface area contributed by atoms with Gasteiger partial charge in [-0.25, -0.2) is 9.37 Å². The van der Waals surface area contributed by atoms with E-state index in [-0.39, 0.29) is 11.7 Å². The molecule has 1 amide bonds. The number of hydrogen-bond acceptors (Lipinski definition) is 3. The van der Waals surface area contributed by atoms with Crippen molar-refractivity contribution in [1.29, 1.82) is 0 Å². The van der Waals surface area contributed by atoms with E-state index < -0.39 is 0 Å². The van der Waals surface area contributed by atoms with E-state index in [1.165, 1.54) is 17.7 Å². The molecule has 0 radical (unpaired) electrons. The molecule has 0 saturated carbocycles. The molecule has 0 atom stereocenters. The number of carbonyl (C=O) groups excluding carboxylic acids is 1. The Morgan fingerprint density at radius 1 is 0.963 bits per heavy atom. The van der Waals surface area contributed by atoms with Crippen LogP contribution < -0.4 is 10.6 Å². The van der Waals surface area contributed by atoms with Crippen molar-refractivity contribution < 1.29 is 9.18 Å². The largest absolute Gasteiger partial charge is 0.370 e. The van der Waals surface area contributed by atoms with Gasteiger partial charge in [-0.3, -0.25) is 4.79 Å². The van der Waals surface area contributed by atoms with E-state index in [0.717, 1.165) is 24.9 Å². The Morgan fingerprint density at radius 2 is 1.74 bits per heavy atom. The van der Waals surface area contributed by atoms with Gasteiger partial charge < -0.3 is 10.6 Å². The molecule has 138 valence electrons. The number of benzene rings is 2. The molecule has 1 aromatic heterocycles. The van der Waals surface area contributed by atoms with Crippen molar-refractivity contribution in [3.8, 4) is 0 Å². The number of anilines is 1. The Morgan fingerprint density at radius 3 is 2.52 bits per heavy atom. The van der Waals surface area contributed by atoms with Crippen LogP contribution in [0.4, 0.5) is 10.2 Å². The molecule has 1 heterocycles. The van der Waals surface area contributed by atoms with Crippen LogP contribution in [0.25, 0.3) is 0 Å². The van der Waals surface area contributed by atoms with Crippen molar-refractivity contribution in [3.05, 3.63) is 95.4 Å². The lowest BCUT2D eigenvalue weighted by Gasteiger charge is -2.09. The molecule has 0 aliphatic rings. The first kappa shape index (κ1) is 18.6. The summed E-state index contributed by atoms with van der Waals surface area (Å²) < 4.78 is 12.9. The Bertz CT molecular complexity index is 866. The van der Waals surface area contributed by atoms with Crippen molar-refractivity contribution in [2.75, 3.05) is 11.9 Å². The highest BCUT2D eigenvalue weighted by molar-refractivity contribution is 5.94. The molecule has 2 N–H and O–H groups in total. The van der Waals surface area contributed by atoms with Gasteiger partial charge in [0.05, 0.1) is 0 Å². The minimum Gasteiger partial charge on any atom is -0.370 e. The van der Waals surface area contributed by atoms with Crippen LogP contribution in [0, 0.1) is 5.82 Å². The molecule has 0 aliphatic carbocycles.